The fourth-order valence-electron chi connectivity index (χ4n) is 1.73. The molecule has 6 heteroatoms. The van der Waals surface area contributed by atoms with E-state index in [1.54, 1.807) is 24.3 Å². The van der Waals surface area contributed by atoms with Gasteiger partial charge < -0.3 is 4.74 Å². The number of para-hydroxylation sites is 1. The van der Waals surface area contributed by atoms with Crippen molar-refractivity contribution in [3.63, 3.8) is 0 Å². The van der Waals surface area contributed by atoms with E-state index in [0.29, 0.717) is 11.3 Å². The number of ether oxygens (including phenoxy) is 1. The van der Waals surface area contributed by atoms with Gasteiger partial charge in [-0.05, 0) is 24.3 Å². The Morgan fingerprint density at radius 1 is 1.00 bits per heavy atom. The Balaban J connectivity index is 1.82. The molecule has 0 bridgehead atoms. The lowest BCUT2D eigenvalue weighted by Gasteiger charge is -2.10. The first-order chi connectivity index (χ1) is 10.7. The van der Waals surface area contributed by atoms with E-state index in [4.69, 9.17) is 4.74 Å². The maximum Gasteiger partial charge on any atom is 0.273 e. The molecule has 0 aliphatic heterocycles. The standard InChI is InChI=1S/C16H16N2O3S/c1-21-14-10-6-5-9-13(14)16(20)18-17-15(19)11-22-12-7-3-2-4-8-12/h2-10H,11H2,1H3,(H,17,19)(H,18,20). The van der Waals surface area contributed by atoms with Crippen LogP contribution in [0, 0.1) is 0 Å². The Kier molecular flexibility index (Phi) is 5.85. The Hall–Kier alpha value is -2.47. The van der Waals surface area contributed by atoms with Gasteiger partial charge in [0.2, 0.25) is 5.91 Å². The van der Waals surface area contributed by atoms with E-state index in [-0.39, 0.29) is 11.7 Å². The molecule has 114 valence electrons. The SMILES string of the molecule is COc1ccccc1C(=O)NNC(=O)CSc1ccccc1. The largest absolute Gasteiger partial charge is 0.496 e. The summed E-state index contributed by atoms with van der Waals surface area (Å²) in [5.74, 6) is -0.0310. The van der Waals surface area contributed by atoms with Crippen LogP contribution in [0.2, 0.25) is 0 Å². The molecule has 0 aromatic heterocycles. The van der Waals surface area contributed by atoms with E-state index in [1.165, 1.54) is 18.9 Å². The van der Waals surface area contributed by atoms with Crippen LogP contribution in [0.1, 0.15) is 10.4 Å². The minimum Gasteiger partial charge on any atom is -0.496 e. The van der Waals surface area contributed by atoms with Gasteiger partial charge in [-0.2, -0.15) is 0 Å². The molecule has 22 heavy (non-hydrogen) atoms. The van der Waals surface area contributed by atoms with Gasteiger partial charge in [0.1, 0.15) is 5.75 Å². The van der Waals surface area contributed by atoms with Crippen LogP contribution in [-0.2, 0) is 4.79 Å². The number of nitrogens with one attached hydrogen (secondary N) is 2. The predicted octanol–water partition coefficient (Wildman–Crippen LogP) is 2.25. The highest BCUT2D eigenvalue weighted by atomic mass is 32.2. The molecule has 2 aromatic rings. The van der Waals surface area contributed by atoms with Crippen LogP contribution in [0.3, 0.4) is 0 Å². The molecular weight excluding hydrogens is 300 g/mol. The number of amides is 2. The number of benzene rings is 2. The minimum absolute atomic E-state index is 0.218. The Labute approximate surface area is 133 Å². The van der Waals surface area contributed by atoms with Crippen molar-refractivity contribution in [1.82, 2.24) is 10.9 Å². The fraction of sp³-hybridized carbons (Fsp3) is 0.125. The van der Waals surface area contributed by atoms with Gasteiger partial charge in [-0.25, -0.2) is 0 Å². The predicted molar refractivity (Wildman–Crippen MR) is 85.8 cm³/mol. The van der Waals surface area contributed by atoms with Gasteiger partial charge in [0.25, 0.3) is 5.91 Å². The summed E-state index contributed by atoms with van der Waals surface area (Å²) in [5.41, 5.74) is 5.13. The van der Waals surface area contributed by atoms with Crippen molar-refractivity contribution in [2.45, 2.75) is 4.90 Å². The van der Waals surface area contributed by atoms with E-state index in [0.717, 1.165) is 4.90 Å². The molecule has 0 spiro atoms. The topological polar surface area (TPSA) is 67.4 Å². The number of hydrogen-bond acceptors (Lipinski definition) is 4. The van der Waals surface area contributed by atoms with Gasteiger partial charge in [0.05, 0.1) is 18.4 Å². The van der Waals surface area contributed by atoms with Crippen molar-refractivity contribution in [2.24, 2.45) is 0 Å². The van der Waals surface area contributed by atoms with Crippen LogP contribution in [0.15, 0.2) is 59.5 Å². The first-order valence-corrected chi connectivity index (χ1v) is 7.59. The van der Waals surface area contributed by atoms with Crippen LogP contribution in [0.4, 0.5) is 0 Å². The van der Waals surface area contributed by atoms with E-state index in [9.17, 15) is 9.59 Å². The number of methoxy groups -OCH3 is 1. The second-order valence-corrected chi connectivity index (χ2v) is 5.35. The van der Waals surface area contributed by atoms with Crippen LogP contribution in [-0.4, -0.2) is 24.7 Å². The summed E-state index contributed by atoms with van der Waals surface area (Å²) in [6.45, 7) is 0. The number of carbonyl (C=O) groups is 2. The van der Waals surface area contributed by atoms with Crippen LogP contribution >= 0.6 is 11.8 Å². The summed E-state index contributed by atoms with van der Waals surface area (Å²) in [5, 5.41) is 0. The van der Waals surface area contributed by atoms with E-state index < -0.39 is 5.91 Å². The highest BCUT2D eigenvalue weighted by Crippen LogP contribution is 2.17. The van der Waals surface area contributed by atoms with Crippen LogP contribution < -0.4 is 15.6 Å². The molecule has 0 heterocycles. The summed E-state index contributed by atoms with van der Waals surface area (Å²) in [4.78, 5) is 24.7. The van der Waals surface area contributed by atoms with E-state index in [1.807, 2.05) is 30.3 Å². The lowest BCUT2D eigenvalue weighted by Crippen LogP contribution is -2.42. The second-order valence-electron chi connectivity index (χ2n) is 4.30. The zero-order chi connectivity index (χ0) is 15.8. The molecule has 0 fully saturated rings. The molecule has 0 saturated heterocycles. The normalized spacial score (nSPS) is 9.86. The zero-order valence-electron chi connectivity index (χ0n) is 12.0. The summed E-state index contributed by atoms with van der Waals surface area (Å²) >= 11 is 1.40. The summed E-state index contributed by atoms with van der Waals surface area (Å²) < 4.78 is 5.10. The molecule has 0 radical (unpaired) electrons. The summed E-state index contributed by atoms with van der Waals surface area (Å²) in [7, 11) is 1.49. The van der Waals surface area contributed by atoms with Crippen molar-refractivity contribution in [1.29, 1.82) is 0 Å². The molecule has 0 atom stereocenters. The monoisotopic (exact) mass is 316 g/mol. The fourth-order valence-corrected chi connectivity index (χ4v) is 2.45. The maximum absolute atomic E-state index is 12.0. The third-order valence-electron chi connectivity index (χ3n) is 2.78. The number of carbonyl (C=O) groups excluding carboxylic acids is 2. The van der Waals surface area contributed by atoms with Gasteiger partial charge >= 0.3 is 0 Å². The molecule has 2 amide bonds. The van der Waals surface area contributed by atoms with Crippen molar-refractivity contribution < 1.29 is 14.3 Å². The van der Waals surface area contributed by atoms with Crippen molar-refractivity contribution in [3.8, 4) is 5.75 Å². The summed E-state index contributed by atoms with van der Waals surface area (Å²) in [6, 6.07) is 16.4. The highest BCUT2D eigenvalue weighted by Gasteiger charge is 2.12. The minimum atomic E-state index is -0.421. The lowest BCUT2D eigenvalue weighted by molar-refractivity contribution is -0.119. The smallest absolute Gasteiger partial charge is 0.273 e. The quantitative estimate of drug-likeness (QED) is 0.656. The van der Waals surface area contributed by atoms with Gasteiger partial charge in [-0.1, -0.05) is 30.3 Å². The van der Waals surface area contributed by atoms with Gasteiger partial charge in [0, 0.05) is 4.90 Å². The van der Waals surface area contributed by atoms with Gasteiger partial charge in [-0.15, -0.1) is 11.8 Å². The molecule has 0 aliphatic carbocycles. The molecule has 2 aromatic carbocycles. The Morgan fingerprint density at radius 2 is 1.68 bits per heavy atom. The number of rotatable bonds is 5. The average Bonchev–Trinajstić information content (AvgIpc) is 2.58. The Morgan fingerprint density at radius 3 is 2.41 bits per heavy atom. The average molecular weight is 316 g/mol. The number of thioether (sulfide) groups is 1. The van der Waals surface area contributed by atoms with Gasteiger partial charge in [-0.3, -0.25) is 20.4 Å². The van der Waals surface area contributed by atoms with Gasteiger partial charge in [0.15, 0.2) is 0 Å². The van der Waals surface area contributed by atoms with Crippen molar-refractivity contribution in [2.75, 3.05) is 12.9 Å². The highest BCUT2D eigenvalue weighted by molar-refractivity contribution is 8.00. The molecule has 0 saturated carbocycles. The molecule has 5 nitrogen and oxygen atoms in total. The molecule has 2 N–H and O–H groups in total. The lowest BCUT2D eigenvalue weighted by atomic mass is 10.2. The van der Waals surface area contributed by atoms with E-state index in [2.05, 4.69) is 10.9 Å². The van der Waals surface area contributed by atoms with Crippen LogP contribution in [0.25, 0.3) is 0 Å². The number of hydrazine groups is 1. The molecule has 0 aliphatic rings. The summed E-state index contributed by atoms with van der Waals surface area (Å²) in [6.07, 6.45) is 0. The first-order valence-electron chi connectivity index (χ1n) is 6.61. The third kappa shape index (κ3) is 4.53. The first kappa shape index (κ1) is 15.9. The Bertz CT molecular complexity index is 647. The third-order valence-corrected chi connectivity index (χ3v) is 3.79. The van der Waals surface area contributed by atoms with Crippen molar-refractivity contribution in [3.05, 3.63) is 60.2 Å². The second kappa shape index (κ2) is 8.09. The molecule has 2 rings (SSSR count). The number of hydrogen-bond donors (Lipinski definition) is 2. The molecule has 0 unspecified atom stereocenters. The zero-order valence-corrected chi connectivity index (χ0v) is 12.9. The van der Waals surface area contributed by atoms with E-state index >= 15 is 0 Å². The van der Waals surface area contributed by atoms with Crippen molar-refractivity contribution >= 4 is 23.6 Å². The molecular formula is C16H16N2O3S. The maximum atomic E-state index is 12.0. The van der Waals surface area contributed by atoms with Crippen LogP contribution in [0.5, 0.6) is 5.75 Å².